The van der Waals surface area contributed by atoms with Gasteiger partial charge < -0.3 is 19.9 Å². The first-order valence-electron chi connectivity index (χ1n) is 11.7. The van der Waals surface area contributed by atoms with Crippen LogP contribution < -0.4 is 5.32 Å². The highest BCUT2D eigenvalue weighted by molar-refractivity contribution is 5.67. The average molecular weight is 402 g/mol. The lowest BCUT2D eigenvalue weighted by Crippen LogP contribution is -2.30. The minimum atomic E-state index is -0.756. The number of carbonyl (C=O) groups excluding carboxylic acids is 1. The molecule has 0 aliphatic carbocycles. The molecular weight excluding hydrogens is 354 g/mol. The van der Waals surface area contributed by atoms with Crippen LogP contribution in [0.1, 0.15) is 104 Å². The summed E-state index contributed by atoms with van der Waals surface area (Å²) >= 11 is 0. The zero-order chi connectivity index (χ0) is 20.9. The van der Waals surface area contributed by atoms with E-state index in [0.717, 1.165) is 12.8 Å². The van der Waals surface area contributed by atoms with Crippen LogP contribution in [0.15, 0.2) is 0 Å². The van der Waals surface area contributed by atoms with Crippen molar-refractivity contribution in [1.82, 2.24) is 5.32 Å². The number of aliphatic hydroxyl groups is 1. The second-order valence-electron chi connectivity index (χ2n) is 8.33. The summed E-state index contributed by atoms with van der Waals surface area (Å²) in [6.45, 7) is 7.92. The monoisotopic (exact) mass is 401 g/mol. The largest absolute Gasteiger partial charge is 0.447 e. The van der Waals surface area contributed by atoms with E-state index in [0.29, 0.717) is 19.1 Å². The number of hydrogen-bond donors (Lipinski definition) is 2. The molecular formula is C23H47NO4. The van der Waals surface area contributed by atoms with Gasteiger partial charge in [-0.05, 0) is 18.8 Å². The topological polar surface area (TPSA) is 67.8 Å². The SMILES string of the molecule is CCCCCCCCCCCCCCOCC(O)COC(=O)NCCC(C)C. The number of hydrogen-bond acceptors (Lipinski definition) is 4. The third kappa shape index (κ3) is 21.5. The Morgan fingerprint density at radius 3 is 1.93 bits per heavy atom. The molecule has 168 valence electrons. The lowest BCUT2D eigenvalue weighted by atomic mass is 10.1. The summed E-state index contributed by atoms with van der Waals surface area (Å²) in [5, 5.41) is 12.4. The van der Waals surface area contributed by atoms with Gasteiger partial charge in [0.2, 0.25) is 0 Å². The van der Waals surface area contributed by atoms with Crippen molar-refractivity contribution in [2.24, 2.45) is 5.92 Å². The van der Waals surface area contributed by atoms with Crippen LogP contribution in [0.2, 0.25) is 0 Å². The first-order chi connectivity index (χ1) is 13.6. The maximum absolute atomic E-state index is 11.4. The maximum Gasteiger partial charge on any atom is 0.407 e. The molecule has 0 saturated carbocycles. The highest BCUT2D eigenvalue weighted by Gasteiger charge is 2.08. The fourth-order valence-corrected chi connectivity index (χ4v) is 3.00. The second kappa shape index (κ2) is 20.9. The Kier molecular flexibility index (Phi) is 20.3. The van der Waals surface area contributed by atoms with Gasteiger partial charge in [-0.25, -0.2) is 4.79 Å². The van der Waals surface area contributed by atoms with Crippen LogP contribution in [-0.2, 0) is 9.47 Å². The Balaban J connectivity index is 3.25. The molecule has 28 heavy (non-hydrogen) atoms. The summed E-state index contributed by atoms with van der Waals surface area (Å²) in [5.41, 5.74) is 0. The number of carbonyl (C=O) groups is 1. The van der Waals surface area contributed by atoms with Crippen molar-refractivity contribution in [2.75, 3.05) is 26.4 Å². The van der Waals surface area contributed by atoms with Crippen LogP contribution in [0.5, 0.6) is 0 Å². The summed E-state index contributed by atoms with van der Waals surface area (Å²) < 4.78 is 10.4. The highest BCUT2D eigenvalue weighted by Crippen LogP contribution is 2.11. The zero-order valence-electron chi connectivity index (χ0n) is 18.8. The Bertz CT molecular complexity index is 337. The van der Waals surface area contributed by atoms with E-state index in [4.69, 9.17) is 9.47 Å². The normalized spacial score (nSPS) is 12.3. The van der Waals surface area contributed by atoms with Crippen molar-refractivity contribution in [3.63, 3.8) is 0 Å². The Labute approximate surface area is 174 Å². The van der Waals surface area contributed by atoms with Crippen LogP contribution in [0.3, 0.4) is 0 Å². The molecule has 0 heterocycles. The van der Waals surface area contributed by atoms with Gasteiger partial charge in [0.25, 0.3) is 0 Å². The number of aliphatic hydroxyl groups excluding tert-OH is 1. The summed E-state index contributed by atoms with van der Waals surface area (Å²) in [6.07, 6.45) is 15.5. The van der Waals surface area contributed by atoms with Crippen molar-refractivity contribution < 1.29 is 19.4 Å². The Hall–Kier alpha value is -0.810. The van der Waals surface area contributed by atoms with Gasteiger partial charge in [-0.3, -0.25) is 0 Å². The van der Waals surface area contributed by atoms with Gasteiger partial charge >= 0.3 is 6.09 Å². The van der Waals surface area contributed by atoms with E-state index >= 15 is 0 Å². The zero-order valence-corrected chi connectivity index (χ0v) is 18.8. The molecule has 0 aromatic heterocycles. The summed E-state index contributed by atoms with van der Waals surface area (Å²) in [5.74, 6) is 0.541. The minimum Gasteiger partial charge on any atom is -0.447 e. The van der Waals surface area contributed by atoms with E-state index in [1.165, 1.54) is 70.6 Å². The van der Waals surface area contributed by atoms with E-state index in [1.807, 2.05) is 0 Å². The Morgan fingerprint density at radius 2 is 1.39 bits per heavy atom. The molecule has 0 aliphatic heterocycles. The van der Waals surface area contributed by atoms with Crippen molar-refractivity contribution in [1.29, 1.82) is 0 Å². The molecule has 0 fully saturated rings. The summed E-state index contributed by atoms with van der Waals surface area (Å²) in [6, 6.07) is 0. The Morgan fingerprint density at radius 1 is 0.857 bits per heavy atom. The van der Waals surface area contributed by atoms with E-state index in [-0.39, 0.29) is 13.2 Å². The maximum atomic E-state index is 11.4. The van der Waals surface area contributed by atoms with Gasteiger partial charge in [0, 0.05) is 13.2 Å². The van der Waals surface area contributed by atoms with Gasteiger partial charge in [0.1, 0.15) is 12.7 Å². The van der Waals surface area contributed by atoms with E-state index in [1.54, 1.807) is 0 Å². The molecule has 1 unspecified atom stereocenters. The summed E-state index contributed by atoms with van der Waals surface area (Å²) in [4.78, 5) is 11.4. The summed E-state index contributed by atoms with van der Waals surface area (Å²) in [7, 11) is 0. The molecule has 5 heteroatoms. The molecule has 0 rings (SSSR count). The van der Waals surface area contributed by atoms with Crippen LogP contribution >= 0.6 is 0 Å². The number of ether oxygens (including phenoxy) is 2. The van der Waals surface area contributed by atoms with E-state index < -0.39 is 12.2 Å². The average Bonchev–Trinajstić information content (AvgIpc) is 2.66. The van der Waals surface area contributed by atoms with Crippen molar-refractivity contribution in [3.8, 4) is 0 Å². The number of nitrogens with one attached hydrogen (secondary N) is 1. The molecule has 0 radical (unpaired) electrons. The fourth-order valence-electron chi connectivity index (χ4n) is 3.00. The molecule has 2 N–H and O–H groups in total. The van der Waals surface area contributed by atoms with Crippen molar-refractivity contribution in [3.05, 3.63) is 0 Å². The van der Waals surface area contributed by atoms with Crippen molar-refractivity contribution >= 4 is 6.09 Å². The first kappa shape index (κ1) is 27.2. The predicted octanol–water partition coefficient (Wildman–Crippen LogP) is 5.84. The highest BCUT2D eigenvalue weighted by atomic mass is 16.6. The lowest BCUT2D eigenvalue weighted by molar-refractivity contribution is -0.000844. The number of unbranched alkanes of at least 4 members (excludes halogenated alkanes) is 11. The molecule has 0 spiro atoms. The number of alkyl carbamates (subject to hydrolysis) is 1. The van der Waals surface area contributed by atoms with Gasteiger partial charge in [-0.2, -0.15) is 0 Å². The molecule has 1 atom stereocenters. The van der Waals surface area contributed by atoms with Gasteiger partial charge in [0.15, 0.2) is 0 Å². The van der Waals surface area contributed by atoms with Crippen LogP contribution in [0.25, 0.3) is 0 Å². The lowest BCUT2D eigenvalue weighted by Gasteiger charge is -2.13. The van der Waals surface area contributed by atoms with Crippen molar-refractivity contribution in [2.45, 2.75) is 110 Å². The first-order valence-corrected chi connectivity index (χ1v) is 11.7. The van der Waals surface area contributed by atoms with Crippen LogP contribution in [0, 0.1) is 5.92 Å². The van der Waals surface area contributed by atoms with Gasteiger partial charge in [-0.15, -0.1) is 0 Å². The molecule has 1 amide bonds. The second-order valence-corrected chi connectivity index (χ2v) is 8.33. The van der Waals surface area contributed by atoms with E-state index in [2.05, 4.69) is 26.1 Å². The molecule has 5 nitrogen and oxygen atoms in total. The third-order valence-corrected chi connectivity index (χ3v) is 4.85. The number of amides is 1. The third-order valence-electron chi connectivity index (χ3n) is 4.85. The molecule has 0 aliphatic rings. The number of rotatable bonds is 20. The van der Waals surface area contributed by atoms with Gasteiger partial charge in [0.05, 0.1) is 6.61 Å². The minimum absolute atomic E-state index is 0.0219. The standard InChI is InChI=1S/C23H47NO4/c1-4-5-6-7-8-9-10-11-12-13-14-15-18-27-19-22(25)20-28-23(26)24-17-16-21(2)3/h21-22,25H,4-20H2,1-3H3,(H,24,26). The predicted molar refractivity (Wildman–Crippen MR) is 117 cm³/mol. The van der Waals surface area contributed by atoms with Crippen LogP contribution in [-0.4, -0.2) is 43.7 Å². The quantitative estimate of drug-likeness (QED) is 0.252. The molecule has 0 bridgehead atoms. The molecule has 0 saturated heterocycles. The van der Waals surface area contributed by atoms with E-state index in [9.17, 15) is 9.90 Å². The van der Waals surface area contributed by atoms with Crippen LogP contribution in [0.4, 0.5) is 4.79 Å². The smallest absolute Gasteiger partial charge is 0.407 e. The van der Waals surface area contributed by atoms with Gasteiger partial charge in [-0.1, -0.05) is 91.4 Å². The molecule has 0 aromatic rings. The molecule has 0 aromatic carbocycles. The fraction of sp³-hybridized carbons (Fsp3) is 0.957.